The second kappa shape index (κ2) is 5.37. The molecule has 98 valence electrons. The van der Waals surface area contributed by atoms with Crippen molar-refractivity contribution < 1.29 is 4.39 Å². The zero-order chi connectivity index (χ0) is 12.4. The van der Waals surface area contributed by atoms with E-state index in [9.17, 15) is 4.39 Å². The summed E-state index contributed by atoms with van der Waals surface area (Å²) in [5.74, 6) is -0.121. The Morgan fingerprint density at radius 3 is 2.94 bits per heavy atom. The van der Waals surface area contributed by atoms with Crippen molar-refractivity contribution in [3.05, 3.63) is 35.6 Å². The Hall–Kier alpha value is -0.930. The molecule has 1 aromatic rings. The van der Waals surface area contributed by atoms with Gasteiger partial charge >= 0.3 is 0 Å². The van der Waals surface area contributed by atoms with Crippen LogP contribution in [-0.2, 0) is 6.54 Å². The van der Waals surface area contributed by atoms with Gasteiger partial charge in [0, 0.05) is 19.1 Å². The van der Waals surface area contributed by atoms with Gasteiger partial charge in [0.1, 0.15) is 5.82 Å². The van der Waals surface area contributed by atoms with Crippen LogP contribution in [0.15, 0.2) is 24.3 Å². The highest BCUT2D eigenvalue weighted by atomic mass is 19.1. The lowest BCUT2D eigenvalue weighted by Crippen LogP contribution is -2.36. The van der Waals surface area contributed by atoms with E-state index < -0.39 is 0 Å². The zero-order valence-corrected chi connectivity index (χ0v) is 10.8. The van der Waals surface area contributed by atoms with Gasteiger partial charge in [-0.15, -0.1) is 0 Å². The summed E-state index contributed by atoms with van der Waals surface area (Å²) < 4.78 is 13.2. The Kier molecular flexibility index (Phi) is 3.62. The van der Waals surface area contributed by atoms with E-state index in [1.165, 1.54) is 38.4 Å². The molecule has 0 aliphatic carbocycles. The van der Waals surface area contributed by atoms with E-state index >= 15 is 0 Å². The minimum atomic E-state index is -0.121. The van der Waals surface area contributed by atoms with Crippen molar-refractivity contribution in [2.45, 2.75) is 31.8 Å². The molecule has 3 heteroatoms. The predicted octanol–water partition coefficient (Wildman–Crippen LogP) is 2.50. The Bertz CT molecular complexity index is 407. The van der Waals surface area contributed by atoms with E-state index in [4.69, 9.17) is 0 Å². The van der Waals surface area contributed by atoms with E-state index in [0.29, 0.717) is 0 Å². The summed E-state index contributed by atoms with van der Waals surface area (Å²) in [4.78, 5) is 5.12. The van der Waals surface area contributed by atoms with Gasteiger partial charge < -0.3 is 0 Å². The van der Waals surface area contributed by atoms with Crippen molar-refractivity contribution in [2.24, 2.45) is 0 Å². The molecule has 18 heavy (non-hydrogen) atoms. The molecule has 0 saturated carbocycles. The first kappa shape index (κ1) is 12.1. The molecule has 0 radical (unpaired) electrons. The van der Waals surface area contributed by atoms with E-state index in [-0.39, 0.29) is 5.82 Å². The van der Waals surface area contributed by atoms with Gasteiger partial charge in [0.15, 0.2) is 0 Å². The second-order valence-electron chi connectivity index (χ2n) is 5.55. The average Bonchev–Trinajstić information content (AvgIpc) is 2.69. The number of hydrogen-bond donors (Lipinski definition) is 0. The van der Waals surface area contributed by atoms with Gasteiger partial charge in [0.2, 0.25) is 0 Å². The van der Waals surface area contributed by atoms with E-state index in [2.05, 4.69) is 9.80 Å². The van der Waals surface area contributed by atoms with E-state index in [1.54, 1.807) is 6.07 Å². The van der Waals surface area contributed by atoms with Gasteiger partial charge in [-0.2, -0.15) is 0 Å². The lowest BCUT2D eigenvalue weighted by Gasteiger charge is -2.25. The molecule has 3 rings (SSSR count). The highest BCUT2D eigenvalue weighted by Crippen LogP contribution is 2.22. The van der Waals surface area contributed by atoms with Crippen LogP contribution < -0.4 is 0 Å². The predicted molar refractivity (Wildman–Crippen MR) is 70.9 cm³/mol. The molecule has 0 unspecified atom stereocenters. The summed E-state index contributed by atoms with van der Waals surface area (Å²) in [5.41, 5.74) is 1.10. The van der Waals surface area contributed by atoms with Crippen molar-refractivity contribution in [3.63, 3.8) is 0 Å². The number of rotatable bonds is 2. The molecule has 2 aliphatic rings. The first-order chi connectivity index (χ1) is 8.81. The Morgan fingerprint density at radius 2 is 2.06 bits per heavy atom. The number of fused-ring (bicyclic) bond motifs is 1. The molecule has 2 saturated heterocycles. The summed E-state index contributed by atoms with van der Waals surface area (Å²) in [5, 5.41) is 0. The molecule has 0 spiro atoms. The normalized spacial score (nSPS) is 25.9. The maximum absolute atomic E-state index is 13.2. The molecule has 0 amide bonds. The smallest absolute Gasteiger partial charge is 0.123 e. The van der Waals surface area contributed by atoms with Crippen LogP contribution in [0, 0.1) is 5.82 Å². The molecule has 0 N–H and O–H groups in total. The fourth-order valence-corrected chi connectivity index (χ4v) is 3.32. The van der Waals surface area contributed by atoms with Crippen LogP contribution >= 0.6 is 0 Å². The zero-order valence-electron chi connectivity index (χ0n) is 10.8. The molecule has 0 bridgehead atoms. The van der Waals surface area contributed by atoms with Gasteiger partial charge in [0.05, 0.1) is 0 Å². The van der Waals surface area contributed by atoms with Crippen molar-refractivity contribution in [3.8, 4) is 0 Å². The van der Waals surface area contributed by atoms with Crippen molar-refractivity contribution >= 4 is 0 Å². The largest absolute Gasteiger partial charge is 0.299 e. The topological polar surface area (TPSA) is 6.48 Å². The van der Waals surface area contributed by atoms with Gasteiger partial charge in [-0.05, 0) is 56.6 Å². The van der Waals surface area contributed by atoms with Gasteiger partial charge in [0.25, 0.3) is 0 Å². The lowest BCUT2D eigenvalue weighted by atomic mass is 10.1. The van der Waals surface area contributed by atoms with E-state index in [1.807, 2.05) is 12.1 Å². The van der Waals surface area contributed by atoms with Crippen molar-refractivity contribution in [2.75, 3.05) is 26.2 Å². The van der Waals surface area contributed by atoms with Gasteiger partial charge in [-0.3, -0.25) is 9.80 Å². The summed E-state index contributed by atoms with van der Waals surface area (Å²) in [6, 6.07) is 7.76. The maximum atomic E-state index is 13.2. The Balaban J connectivity index is 1.65. The molecule has 2 aliphatic heterocycles. The van der Waals surface area contributed by atoms with Gasteiger partial charge in [-0.25, -0.2) is 4.39 Å². The third-order valence-electron chi connectivity index (χ3n) is 4.18. The van der Waals surface area contributed by atoms with Crippen LogP contribution in [0.25, 0.3) is 0 Å². The van der Waals surface area contributed by atoms with Crippen LogP contribution in [0.5, 0.6) is 0 Å². The molecule has 0 aromatic heterocycles. The molecule has 2 fully saturated rings. The van der Waals surface area contributed by atoms with Crippen molar-refractivity contribution in [1.29, 1.82) is 0 Å². The summed E-state index contributed by atoms with van der Waals surface area (Å²) in [6.07, 6.45) is 3.92. The van der Waals surface area contributed by atoms with Crippen LogP contribution in [-0.4, -0.2) is 42.0 Å². The fraction of sp³-hybridized carbons (Fsp3) is 0.600. The summed E-state index contributed by atoms with van der Waals surface area (Å²) >= 11 is 0. The first-order valence-corrected chi connectivity index (χ1v) is 7.02. The van der Waals surface area contributed by atoms with E-state index in [0.717, 1.165) is 31.2 Å². The number of benzene rings is 1. The average molecular weight is 248 g/mol. The third-order valence-corrected chi connectivity index (χ3v) is 4.18. The molecule has 2 heterocycles. The second-order valence-corrected chi connectivity index (χ2v) is 5.55. The molecule has 2 nitrogen and oxygen atoms in total. The quantitative estimate of drug-likeness (QED) is 0.793. The Morgan fingerprint density at radius 1 is 1.17 bits per heavy atom. The Labute approximate surface area is 108 Å². The van der Waals surface area contributed by atoms with Crippen molar-refractivity contribution in [1.82, 2.24) is 9.80 Å². The number of hydrogen-bond acceptors (Lipinski definition) is 2. The van der Waals surface area contributed by atoms with Crippen LogP contribution in [0.1, 0.15) is 24.8 Å². The van der Waals surface area contributed by atoms with Crippen LogP contribution in [0.3, 0.4) is 0 Å². The highest BCUT2D eigenvalue weighted by molar-refractivity contribution is 5.16. The number of nitrogens with zero attached hydrogens (tertiary/aromatic N) is 2. The van der Waals surface area contributed by atoms with Gasteiger partial charge in [-0.1, -0.05) is 12.1 Å². The minimum absolute atomic E-state index is 0.121. The monoisotopic (exact) mass is 248 g/mol. The van der Waals surface area contributed by atoms with Crippen LogP contribution in [0.4, 0.5) is 4.39 Å². The lowest BCUT2D eigenvalue weighted by molar-refractivity contribution is 0.215. The highest BCUT2D eigenvalue weighted by Gasteiger charge is 2.28. The molecule has 1 atom stereocenters. The number of halogens is 1. The SMILES string of the molecule is Fc1cccc(CN2CCCN3CCC[C@H]3C2)c1. The van der Waals surface area contributed by atoms with Crippen LogP contribution in [0.2, 0.25) is 0 Å². The summed E-state index contributed by atoms with van der Waals surface area (Å²) in [7, 11) is 0. The third kappa shape index (κ3) is 2.73. The molecular weight excluding hydrogens is 227 g/mol. The molecular formula is C15H21FN2. The standard InChI is InChI=1S/C15H21FN2/c16-14-5-1-4-13(10-14)11-17-7-3-9-18-8-2-6-15(18)12-17/h1,4-5,10,15H,2-3,6-9,11-12H2/t15-/m0/s1. The fourth-order valence-electron chi connectivity index (χ4n) is 3.32. The maximum Gasteiger partial charge on any atom is 0.123 e. The summed E-state index contributed by atoms with van der Waals surface area (Å²) in [6.45, 7) is 5.70. The minimum Gasteiger partial charge on any atom is -0.299 e. The first-order valence-electron chi connectivity index (χ1n) is 7.02. The molecule has 1 aromatic carbocycles.